The second-order valence-corrected chi connectivity index (χ2v) is 3.62. The van der Waals surface area contributed by atoms with Gasteiger partial charge in [0.1, 0.15) is 6.04 Å². The average Bonchev–Trinajstić information content (AvgIpc) is 2.70. The summed E-state index contributed by atoms with van der Waals surface area (Å²) >= 11 is 0. The lowest BCUT2D eigenvalue weighted by Gasteiger charge is -2.19. The van der Waals surface area contributed by atoms with Crippen LogP contribution in [-0.4, -0.2) is 42.6 Å². The molecule has 1 saturated heterocycles. The number of nitrogens with one attached hydrogen (secondary N) is 1. The number of carbonyl (C=O) groups is 2. The van der Waals surface area contributed by atoms with E-state index in [1.165, 1.54) is 0 Å². The maximum Gasteiger partial charge on any atom is 0.328 e. The Labute approximate surface area is 89.8 Å². The van der Waals surface area contributed by atoms with E-state index in [0.717, 1.165) is 25.9 Å². The molecule has 5 heteroatoms. The van der Waals surface area contributed by atoms with E-state index in [-0.39, 0.29) is 12.0 Å². The Bertz CT molecular complexity index is 237. The Morgan fingerprint density at radius 2 is 2.00 bits per heavy atom. The van der Waals surface area contributed by atoms with Crippen molar-refractivity contribution in [3.05, 3.63) is 0 Å². The summed E-state index contributed by atoms with van der Waals surface area (Å²) < 4.78 is 4.80. The first-order valence-electron chi connectivity index (χ1n) is 5.37. The minimum absolute atomic E-state index is 0.173. The number of amides is 2. The van der Waals surface area contributed by atoms with Crippen LogP contribution in [0.1, 0.15) is 26.7 Å². The van der Waals surface area contributed by atoms with E-state index in [9.17, 15) is 9.59 Å². The molecule has 1 unspecified atom stereocenters. The molecule has 1 aliphatic heterocycles. The predicted octanol–water partition coefficient (Wildman–Crippen LogP) is 0.743. The molecule has 0 spiro atoms. The van der Waals surface area contributed by atoms with Crippen molar-refractivity contribution in [2.24, 2.45) is 0 Å². The molecule has 15 heavy (non-hydrogen) atoms. The zero-order chi connectivity index (χ0) is 11.3. The molecule has 1 fully saturated rings. The molecule has 1 rings (SSSR count). The van der Waals surface area contributed by atoms with Gasteiger partial charge in [-0.3, -0.25) is 0 Å². The van der Waals surface area contributed by atoms with Crippen LogP contribution in [0.3, 0.4) is 0 Å². The van der Waals surface area contributed by atoms with E-state index < -0.39 is 6.04 Å². The van der Waals surface area contributed by atoms with Crippen molar-refractivity contribution >= 4 is 12.0 Å². The number of carbonyl (C=O) groups excluding carboxylic acids is 2. The monoisotopic (exact) mass is 214 g/mol. The molecule has 5 nitrogen and oxygen atoms in total. The maximum atomic E-state index is 11.6. The lowest BCUT2D eigenvalue weighted by Crippen LogP contribution is -2.46. The molecule has 0 aromatic carbocycles. The normalized spacial score (nSPS) is 17.3. The fourth-order valence-corrected chi connectivity index (χ4v) is 1.52. The first kappa shape index (κ1) is 11.8. The molecule has 86 valence electrons. The van der Waals surface area contributed by atoms with Gasteiger partial charge in [0.2, 0.25) is 0 Å². The van der Waals surface area contributed by atoms with Crippen molar-refractivity contribution in [3.8, 4) is 0 Å². The molecule has 0 saturated carbocycles. The minimum atomic E-state index is -0.571. The molecule has 1 atom stereocenters. The van der Waals surface area contributed by atoms with E-state index in [1.54, 1.807) is 18.7 Å². The highest BCUT2D eigenvalue weighted by Gasteiger charge is 2.22. The van der Waals surface area contributed by atoms with Gasteiger partial charge in [-0.15, -0.1) is 0 Å². The van der Waals surface area contributed by atoms with Gasteiger partial charge in [-0.05, 0) is 26.7 Å². The lowest BCUT2D eigenvalue weighted by molar-refractivity contribution is -0.144. The van der Waals surface area contributed by atoms with Crippen LogP contribution >= 0.6 is 0 Å². The van der Waals surface area contributed by atoms with Crippen molar-refractivity contribution < 1.29 is 14.3 Å². The fraction of sp³-hybridized carbons (Fsp3) is 0.800. The second-order valence-electron chi connectivity index (χ2n) is 3.62. The SMILES string of the molecule is CCOC(=O)C(C)NC(=O)N1CCCC1. The molecule has 1 heterocycles. The van der Waals surface area contributed by atoms with Gasteiger partial charge >= 0.3 is 12.0 Å². The molecule has 2 amide bonds. The van der Waals surface area contributed by atoms with Gasteiger partial charge in [0.25, 0.3) is 0 Å². The average molecular weight is 214 g/mol. The standard InChI is InChI=1S/C10H18N2O3/c1-3-15-9(13)8(2)11-10(14)12-6-4-5-7-12/h8H,3-7H2,1-2H3,(H,11,14). The Hall–Kier alpha value is -1.26. The van der Waals surface area contributed by atoms with Gasteiger partial charge in [-0.2, -0.15) is 0 Å². The van der Waals surface area contributed by atoms with E-state index in [4.69, 9.17) is 4.74 Å². The largest absolute Gasteiger partial charge is 0.464 e. The van der Waals surface area contributed by atoms with Gasteiger partial charge in [0, 0.05) is 13.1 Å². The van der Waals surface area contributed by atoms with Crippen LogP contribution < -0.4 is 5.32 Å². The molecular formula is C10H18N2O3. The van der Waals surface area contributed by atoms with Crippen molar-refractivity contribution in [2.45, 2.75) is 32.7 Å². The van der Waals surface area contributed by atoms with E-state index in [1.807, 2.05) is 0 Å². The highest BCUT2D eigenvalue weighted by atomic mass is 16.5. The molecule has 0 bridgehead atoms. The molecule has 1 aliphatic rings. The number of hydrogen-bond acceptors (Lipinski definition) is 3. The first-order valence-corrected chi connectivity index (χ1v) is 5.37. The Balaban J connectivity index is 2.33. The third-order valence-electron chi connectivity index (χ3n) is 2.37. The van der Waals surface area contributed by atoms with Crippen LogP contribution in [0.25, 0.3) is 0 Å². The first-order chi connectivity index (χ1) is 7.15. The Morgan fingerprint density at radius 3 is 2.53 bits per heavy atom. The number of hydrogen-bond donors (Lipinski definition) is 1. The quantitative estimate of drug-likeness (QED) is 0.705. The molecular weight excluding hydrogens is 196 g/mol. The Morgan fingerprint density at radius 1 is 1.40 bits per heavy atom. The number of esters is 1. The van der Waals surface area contributed by atoms with E-state index in [2.05, 4.69) is 5.32 Å². The van der Waals surface area contributed by atoms with Crippen molar-refractivity contribution in [1.29, 1.82) is 0 Å². The van der Waals surface area contributed by atoms with E-state index >= 15 is 0 Å². The summed E-state index contributed by atoms with van der Waals surface area (Å²) in [7, 11) is 0. The highest BCUT2D eigenvalue weighted by Crippen LogP contribution is 2.07. The van der Waals surface area contributed by atoms with Gasteiger partial charge in [-0.1, -0.05) is 0 Å². The summed E-state index contributed by atoms with van der Waals surface area (Å²) in [6.07, 6.45) is 2.09. The fourth-order valence-electron chi connectivity index (χ4n) is 1.52. The molecule has 0 radical (unpaired) electrons. The van der Waals surface area contributed by atoms with Crippen LogP contribution in [0.15, 0.2) is 0 Å². The van der Waals surface area contributed by atoms with Crippen LogP contribution in [-0.2, 0) is 9.53 Å². The maximum absolute atomic E-state index is 11.6. The third-order valence-corrected chi connectivity index (χ3v) is 2.37. The topological polar surface area (TPSA) is 58.6 Å². The lowest BCUT2D eigenvalue weighted by atomic mass is 10.3. The summed E-state index contributed by atoms with van der Waals surface area (Å²) in [6, 6.07) is -0.744. The van der Waals surface area contributed by atoms with Crippen LogP contribution in [0.5, 0.6) is 0 Å². The minimum Gasteiger partial charge on any atom is -0.464 e. The zero-order valence-corrected chi connectivity index (χ0v) is 9.28. The number of nitrogens with zero attached hydrogens (tertiary/aromatic N) is 1. The number of likely N-dealkylation sites (tertiary alicyclic amines) is 1. The highest BCUT2D eigenvalue weighted by molar-refractivity contribution is 5.83. The number of urea groups is 1. The van der Waals surface area contributed by atoms with Crippen molar-refractivity contribution in [2.75, 3.05) is 19.7 Å². The predicted molar refractivity (Wildman–Crippen MR) is 55.4 cm³/mol. The smallest absolute Gasteiger partial charge is 0.328 e. The van der Waals surface area contributed by atoms with Crippen LogP contribution in [0.4, 0.5) is 4.79 Å². The number of ether oxygens (including phenoxy) is 1. The summed E-state index contributed by atoms with van der Waals surface area (Å²) in [4.78, 5) is 24.5. The summed E-state index contributed by atoms with van der Waals surface area (Å²) in [6.45, 7) is 5.27. The van der Waals surface area contributed by atoms with Gasteiger partial charge in [0.05, 0.1) is 6.61 Å². The summed E-state index contributed by atoms with van der Waals surface area (Å²) in [5.41, 5.74) is 0. The molecule has 0 aromatic rings. The zero-order valence-electron chi connectivity index (χ0n) is 9.28. The van der Waals surface area contributed by atoms with Crippen molar-refractivity contribution in [3.63, 3.8) is 0 Å². The number of rotatable bonds is 3. The van der Waals surface area contributed by atoms with Gasteiger partial charge in [0.15, 0.2) is 0 Å². The molecule has 1 N–H and O–H groups in total. The third kappa shape index (κ3) is 3.42. The van der Waals surface area contributed by atoms with Gasteiger partial charge in [-0.25, -0.2) is 9.59 Å². The van der Waals surface area contributed by atoms with Crippen LogP contribution in [0, 0.1) is 0 Å². The van der Waals surface area contributed by atoms with Crippen molar-refractivity contribution in [1.82, 2.24) is 10.2 Å². The molecule has 0 aromatic heterocycles. The Kier molecular flexibility index (Phi) is 4.39. The summed E-state index contributed by atoms with van der Waals surface area (Å²) in [5.74, 6) is -0.384. The molecule has 0 aliphatic carbocycles. The second kappa shape index (κ2) is 5.58. The van der Waals surface area contributed by atoms with Gasteiger partial charge < -0.3 is 15.0 Å². The summed E-state index contributed by atoms with van der Waals surface area (Å²) in [5, 5.41) is 2.62. The van der Waals surface area contributed by atoms with Crippen LogP contribution in [0.2, 0.25) is 0 Å². The van der Waals surface area contributed by atoms with E-state index in [0.29, 0.717) is 6.61 Å².